The van der Waals surface area contributed by atoms with Crippen LogP contribution < -0.4 is 10.1 Å². The molecule has 21 heavy (non-hydrogen) atoms. The van der Waals surface area contributed by atoms with Gasteiger partial charge in [0.05, 0.1) is 24.0 Å². The Morgan fingerprint density at radius 3 is 2.71 bits per heavy atom. The third-order valence-electron chi connectivity index (χ3n) is 2.99. The predicted molar refractivity (Wildman–Crippen MR) is 91.2 cm³/mol. The number of ether oxygens (including phenoxy) is 1. The first-order valence-corrected chi connectivity index (χ1v) is 7.77. The third-order valence-corrected chi connectivity index (χ3v) is 4.11. The highest BCUT2D eigenvalue weighted by Crippen LogP contribution is 2.32. The van der Waals surface area contributed by atoms with Crippen molar-refractivity contribution in [3.63, 3.8) is 0 Å². The number of pyridine rings is 2. The SMILES string of the molecule is COc1ccc(Br)c(Nc2ccnc3cc(Br)cnc23)c1. The number of hydrogen-bond acceptors (Lipinski definition) is 4. The lowest BCUT2D eigenvalue weighted by molar-refractivity contribution is 0.415. The molecule has 0 aliphatic carbocycles. The van der Waals surface area contributed by atoms with Gasteiger partial charge in [0.2, 0.25) is 0 Å². The van der Waals surface area contributed by atoms with Crippen LogP contribution in [0.3, 0.4) is 0 Å². The van der Waals surface area contributed by atoms with E-state index in [1.54, 1.807) is 19.5 Å². The number of hydrogen-bond donors (Lipinski definition) is 1. The smallest absolute Gasteiger partial charge is 0.121 e. The molecule has 0 radical (unpaired) electrons. The lowest BCUT2D eigenvalue weighted by Gasteiger charge is -2.12. The monoisotopic (exact) mass is 407 g/mol. The zero-order chi connectivity index (χ0) is 14.8. The van der Waals surface area contributed by atoms with Crippen molar-refractivity contribution >= 4 is 54.3 Å². The molecule has 4 nitrogen and oxygen atoms in total. The van der Waals surface area contributed by atoms with Gasteiger partial charge < -0.3 is 10.1 Å². The van der Waals surface area contributed by atoms with E-state index >= 15 is 0 Å². The molecule has 6 heteroatoms. The van der Waals surface area contributed by atoms with Gasteiger partial charge in [0.15, 0.2) is 0 Å². The van der Waals surface area contributed by atoms with Crippen LogP contribution in [0.2, 0.25) is 0 Å². The summed E-state index contributed by atoms with van der Waals surface area (Å²) in [6.45, 7) is 0. The summed E-state index contributed by atoms with van der Waals surface area (Å²) in [5, 5.41) is 3.36. The van der Waals surface area contributed by atoms with Crippen molar-refractivity contribution in [3.05, 3.63) is 51.7 Å². The number of halogens is 2. The molecule has 0 bridgehead atoms. The summed E-state index contributed by atoms with van der Waals surface area (Å²) < 4.78 is 7.11. The van der Waals surface area contributed by atoms with E-state index in [0.717, 1.165) is 37.1 Å². The third kappa shape index (κ3) is 3.01. The van der Waals surface area contributed by atoms with Crippen LogP contribution in [0.4, 0.5) is 11.4 Å². The molecular formula is C15H11Br2N3O. The molecule has 0 saturated heterocycles. The first-order chi connectivity index (χ1) is 10.2. The van der Waals surface area contributed by atoms with E-state index in [9.17, 15) is 0 Å². The summed E-state index contributed by atoms with van der Waals surface area (Å²) in [4.78, 5) is 8.76. The topological polar surface area (TPSA) is 47.0 Å². The van der Waals surface area contributed by atoms with Gasteiger partial charge in [-0.3, -0.25) is 9.97 Å². The average molecular weight is 409 g/mol. The zero-order valence-corrected chi connectivity index (χ0v) is 14.3. The van der Waals surface area contributed by atoms with Gasteiger partial charge in [-0.15, -0.1) is 0 Å². The van der Waals surface area contributed by atoms with Gasteiger partial charge in [-0.25, -0.2) is 0 Å². The van der Waals surface area contributed by atoms with Gasteiger partial charge in [0, 0.05) is 27.4 Å². The molecule has 1 aromatic carbocycles. The highest BCUT2D eigenvalue weighted by Gasteiger charge is 2.07. The second kappa shape index (κ2) is 5.99. The lowest BCUT2D eigenvalue weighted by atomic mass is 10.2. The Kier molecular flexibility index (Phi) is 4.07. The Morgan fingerprint density at radius 2 is 1.90 bits per heavy atom. The number of fused-ring (bicyclic) bond motifs is 1. The van der Waals surface area contributed by atoms with Crippen molar-refractivity contribution in [2.75, 3.05) is 12.4 Å². The molecule has 3 aromatic rings. The fourth-order valence-corrected chi connectivity index (χ4v) is 2.64. The lowest BCUT2D eigenvalue weighted by Crippen LogP contribution is -1.96. The van der Waals surface area contributed by atoms with E-state index in [0.29, 0.717) is 0 Å². The Balaban J connectivity index is 2.06. The normalized spacial score (nSPS) is 10.6. The van der Waals surface area contributed by atoms with Crippen LogP contribution in [0.1, 0.15) is 0 Å². The van der Waals surface area contributed by atoms with Crippen molar-refractivity contribution in [1.82, 2.24) is 9.97 Å². The van der Waals surface area contributed by atoms with Gasteiger partial charge in [-0.05, 0) is 56.1 Å². The summed E-state index contributed by atoms with van der Waals surface area (Å²) in [6, 6.07) is 9.60. The number of anilines is 2. The molecule has 0 unspecified atom stereocenters. The van der Waals surface area contributed by atoms with E-state index in [2.05, 4.69) is 47.1 Å². The second-order valence-corrected chi connectivity index (χ2v) is 6.12. The number of rotatable bonds is 3. The molecule has 0 aliphatic heterocycles. The van der Waals surface area contributed by atoms with Gasteiger partial charge in [0.25, 0.3) is 0 Å². The van der Waals surface area contributed by atoms with E-state index < -0.39 is 0 Å². The quantitative estimate of drug-likeness (QED) is 0.668. The molecule has 0 amide bonds. The molecule has 2 aromatic heterocycles. The highest BCUT2D eigenvalue weighted by molar-refractivity contribution is 9.10. The minimum atomic E-state index is 0.787. The van der Waals surface area contributed by atoms with Gasteiger partial charge in [-0.1, -0.05) is 0 Å². The first kappa shape index (κ1) is 14.3. The summed E-state index contributed by atoms with van der Waals surface area (Å²) in [5.41, 5.74) is 3.44. The van der Waals surface area contributed by atoms with E-state index in [4.69, 9.17) is 4.74 Å². The molecule has 106 valence electrons. The standard InChI is InChI=1S/C15H11Br2N3O/c1-21-10-2-3-11(17)13(7-10)20-12-4-5-18-14-6-9(16)8-19-15(12)14/h2-8H,1H3,(H,18,20). The van der Waals surface area contributed by atoms with Crippen LogP contribution in [0.5, 0.6) is 5.75 Å². The Hall–Kier alpha value is -1.66. The van der Waals surface area contributed by atoms with Crippen molar-refractivity contribution in [1.29, 1.82) is 0 Å². The maximum atomic E-state index is 5.26. The molecule has 0 saturated carbocycles. The molecule has 0 atom stereocenters. The largest absolute Gasteiger partial charge is 0.497 e. The fraction of sp³-hybridized carbons (Fsp3) is 0.0667. The summed E-state index contributed by atoms with van der Waals surface area (Å²) in [7, 11) is 1.65. The van der Waals surface area contributed by atoms with Gasteiger partial charge >= 0.3 is 0 Å². The molecular weight excluding hydrogens is 398 g/mol. The molecule has 0 aliphatic rings. The Morgan fingerprint density at radius 1 is 1.05 bits per heavy atom. The number of nitrogens with zero attached hydrogens (tertiary/aromatic N) is 2. The molecule has 2 heterocycles. The van der Waals surface area contributed by atoms with Crippen LogP contribution in [-0.2, 0) is 0 Å². The minimum absolute atomic E-state index is 0.787. The van der Waals surface area contributed by atoms with Crippen LogP contribution in [-0.4, -0.2) is 17.1 Å². The maximum absolute atomic E-state index is 5.26. The van der Waals surface area contributed by atoms with Crippen LogP contribution in [0.15, 0.2) is 51.7 Å². The number of aromatic nitrogens is 2. The van der Waals surface area contributed by atoms with E-state index in [1.807, 2.05) is 30.3 Å². The minimum Gasteiger partial charge on any atom is -0.497 e. The molecule has 3 rings (SSSR count). The summed E-state index contributed by atoms with van der Waals surface area (Å²) >= 11 is 6.94. The first-order valence-electron chi connectivity index (χ1n) is 6.18. The van der Waals surface area contributed by atoms with Crippen LogP contribution >= 0.6 is 31.9 Å². The predicted octanol–water partition coefficient (Wildman–Crippen LogP) is 4.91. The van der Waals surface area contributed by atoms with Crippen LogP contribution in [0, 0.1) is 0 Å². The van der Waals surface area contributed by atoms with Crippen LogP contribution in [0.25, 0.3) is 11.0 Å². The Bertz CT molecular complexity index is 808. The maximum Gasteiger partial charge on any atom is 0.121 e. The van der Waals surface area contributed by atoms with Crippen molar-refractivity contribution in [2.24, 2.45) is 0 Å². The molecule has 0 spiro atoms. The fourth-order valence-electron chi connectivity index (χ4n) is 1.98. The summed E-state index contributed by atoms with van der Waals surface area (Å²) in [6.07, 6.45) is 3.52. The van der Waals surface area contributed by atoms with Gasteiger partial charge in [-0.2, -0.15) is 0 Å². The van der Waals surface area contributed by atoms with Crippen molar-refractivity contribution in [2.45, 2.75) is 0 Å². The molecule has 1 N–H and O–H groups in total. The second-order valence-electron chi connectivity index (χ2n) is 4.35. The number of benzene rings is 1. The van der Waals surface area contributed by atoms with Crippen molar-refractivity contribution < 1.29 is 4.74 Å². The van der Waals surface area contributed by atoms with Crippen molar-refractivity contribution in [3.8, 4) is 5.75 Å². The Labute approximate surface area is 138 Å². The number of methoxy groups -OCH3 is 1. The summed E-state index contributed by atoms with van der Waals surface area (Å²) in [5.74, 6) is 0.787. The zero-order valence-electron chi connectivity index (χ0n) is 11.1. The van der Waals surface area contributed by atoms with E-state index in [-0.39, 0.29) is 0 Å². The molecule has 0 fully saturated rings. The van der Waals surface area contributed by atoms with Gasteiger partial charge in [0.1, 0.15) is 11.3 Å². The number of nitrogens with one attached hydrogen (secondary N) is 1. The average Bonchev–Trinajstić information content (AvgIpc) is 2.49. The van der Waals surface area contributed by atoms with E-state index in [1.165, 1.54) is 0 Å². The highest BCUT2D eigenvalue weighted by atomic mass is 79.9.